The van der Waals surface area contributed by atoms with Crippen LogP contribution in [0.2, 0.25) is 0 Å². The summed E-state index contributed by atoms with van der Waals surface area (Å²) >= 11 is 0. The van der Waals surface area contributed by atoms with Gasteiger partial charge in [0.05, 0.1) is 25.4 Å². The van der Waals surface area contributed by atoms with Crippen LogP contribution >= 0.6 is 0 Å². The van der Waals surface area contributed by atoms with Gasteiger partial charge in [0.2, 0.25) is 5.91 Å². The number of hydrogen-bond acceptors (Lipinski definition) is 5. The van der Waals surface area contributed by atoms with Crippen molar-refractivity contribution < 1.29 is 24.5 Å². The molecule has 0 heterocycles. The molecule has 0 aliphatic heterocycles. The Kier molecular flexibility index (Phi) is 58.0. The molecule has 0 radical (unpaired) electrons. The van der Waals surface area contributed by atoms with Gasteiger partial charge < -0.3 is 20.3 Å². The van der Waals surface area contributed by atoms with E-state index in [1.54, 1.807) is 0 Å². The topological polar surface area (TPSA) is 95.9 Å². The van der Waals surface area contributed by atoms with Gasteiger partial charge in [-0.15, -0.1) is 0 Å². The van der Waals surface area contributed by atoms with E-state index >= 15 is 0 Å². The fraction of sp³-hybridized carbons (Fsp3) is 0.875. The molecule has 0 saturated carbocycles. The summed E-state index contributed by atoms with van der Waals surface area (Å²) in [4.78, 5) is 24.5. The minimum Gasteiger partial charge on any atom is -0.465 e. The summed E-state index contributed by atoms with van der Waals surface area (Å²) < 4.78 is 5.41. The molecule has 0 saturated heterocycles. The summed E-state index contributed by atoms with van der Waals surface area (Å²) in [6, 6.07) is -0.546. The lowest BCUT2D eigenvalue weighted by Gasteiger charge is -2.22. The van der Waals surface area contributed by atoms with Gasteiger partial charge in [-0.05, 0) is 70.6 Å². The van der Waals surface area contributed by atoms with E-state index in [0.29, 0.717) is 25.9 Å². The van der Waals surface area contributed by atoms with Crippen molar-refractivity contribution >= 4 is 11.9 Å². The molecule has 0 aliphatic carbocycles. The highest BCUT2D eigenvalue weighted by Crippen LogP contribution is 2.18. The van der Waals surface area contributed by atoms with Gasteiger partial charge >= 0.3 is 5.97 Å². The van der Waals surface area contributed by atoms with E-state index in [1.165, 1.54) is 250 Å². The average molecular weight is 985 g/mol. The molecule has 2 atom stereocenters. The lowest BCUT2D eigenvalue weighted by atomic mass is 10.0. The SMILES string of the molecule is CCCCCCC/C=C\CCCCCCCC(=O)OCC/C=C\C/C=C\CCCCCCCCCCCCCCCCC(=O)NC(CO)C(O)CCCCCCCCCCCCCCCCCCCC. The van der Waals surface area contributed by atoms with Gasteiger partial charge in [-0.2, -0.15) is 0 Å². The molecule has 0 aromatic rings. The number of ether oxygens (including phenoxy) is 1. The minimum atomic E-state index is -0.669. The first-order chi connectivity index (χ1) is 34.5. The van der Waals surface area contributed by atoms with E-state index in [-0.39, 0.29) is 18.5 Å². The fourth-order valence-corrected chi connectivity index (χ4v) is 9.65. The Morgan fingerprint density at radius 2 is 0.714 bits per heavy atom. The van der Waals surface area contributed by atoms with E-state index in [4.69, 9.17) is 4.74 Å². The number of allylic oxidation sites excluding steroid dienone is 5. The number of hydrogen-bond donors (Lipinski definition) is 3. The highest BCUT2D eigenvalue weighted by atomic mass is 16.5. The summed E-state index contributed by atoms with van der Waals surface area (Å²) in [7, 11) is 0. The molecule has 70 heavy (non-hydrogen) atoms. The van der Waals surface area contributed by atoms with Crippen molar-refractivity contribution in [2.75, 3.05) is 13.2 Å². The van der Waals surface area contributed by atoms with Crippen LogP contribution in [0.5, 0.6) is 0 Å². The summed E-state index contributed by atoms with van der Waals surface area (Å²) in [6.45, 7) is 4.85. The van der Waals surface area contributed by atoms with Gasteiger partial charge in [-0.1, -0.05) is 288 Å². The fourth-order valence-electron chi connectivity index (χ4n) is 9.65. The number of carbonyl (C=O) groups is 2. The lowest BCUT2D eigenvalue weighted by molar-refractivity contribution is -0.143. The Bertz CT molecular complexity index is 1130. The quantitative estimate of drug-likeness (QED) is 0.0321. The summed E-state index contributed by atoms with van der Waals surface area (Å²) in [6.07, 6.45) is 74.5. The smallest absolute Gasteiger partial charge is 0.305 e. The van der Waals surface area contributed by atoms with Crippen LogP contribution in [0.25, 0.3) is 0 Å². The van der Waals surface area contributed by atoms with Crippen LogP contribution in [-0.4, -0.2) is 47.4 Å². The largest absolute Gasteiger partial charge is 0.465 e. The van der Waals surface area contributed by atoms with E-state index in [2.05, 4.69) is 55.6 Å². The Morgan fingerprint density at radius 3 is 1.10 bits per heavy atom. The first kappa shape index (κ1) is 68.1. The molecule has 6 nitrogen and oxygen atoms in total. The van der Waals surface area contributed by atoms with Crippen LogP contribution in [0, 0.1) is 0 Å². The standard InChI is InChI=1S/C64H121NO5/c1-3-5-7-9-11-13-15-17-19-20-26-29-32-36-40-44-48-52-56-62(67)61(60-66)65-63(68)57-53-49-45-41-37-33-30-27-24-22-21-23-25-28-31-35-39-43-47-51-55-59-70-64(69)58-54-50-46-42-38-34-18-16-14-12-10-8-6-4-2/h16,18,35,39,47,51,61-62,66-67H,3-15,17,19-34,36-38,40-46,48-50,52-60H2,1-2H3,(H,65,68)/b18-16-,39-35-,51-47-. The Balaban J connectivity index is 3.46. The third-order valence-electron chi connectivity index (χ3n) is 14.4. The zero-order valence-electron chi connectivity index (χ0n) is 47.0. The highest BCUT2D eigenvalue weighted by molar-refractivity contribution is 5.76. The molecule has 0 spiro atoms. The number of esters is 1. The number of aliphatic hydroxyl groups is 2. The number of unbranched alkanes of at least 4 members (excludes halogenated alkanes) is 41. The van der Waals surface area contributed by atoms with Gasteiger partial charge in [0.15, 0.2) is 0 Å². The molecule has 0 aliphatic rings. The third kappa shape index (κ3) is 55.4. The van der Waals surface area contributed by atoms with Gasteiger partial charge in [-0.25, -0.2) is 0 Å². The Morgan fingerprint density at radius 1 is 0.400 bits per heavy atom. The number of aliphatic hydroxyl groups excluding tert-OH is 2. The number of rotatable bonds is 58. The molecule has 0 rings (SSSR count). The van der Waals surface area contributed by atoms with Gasteiger partial charge in [0.25, 0.3) is 0 Å². The Hall–Kier alpha value is -1.92. The van der Waals surface area contributed by atoms with Crippen molar-refractivity contribution in [1.82, 2.24) is 5.32 Å². The predicted octanol–water partition coefficient (Wildman–Crippen LogP) is 19.6. The van der Waals surface area contributed by atoms with Gasteiger partial charge in [0, 0.05) is 12.8 Å². The summed E-state index contributed by atoms with van der Waals surface area (Å²) in [5, 5.41) is 23.3. The van der Waals surface area contributed by atoms with Crippen molar-refractivity contribution in [3.05, 3.63) is 36.5 Å². The van der Waals surface area contributed by atoms with Crippen molar-refractivity contribution in [3.8, 4) is 0 Å². The zero-order chi connectivity index (χ0) is 50.7. The molecule has 0 fully saturated rings. The lowest BCUT2D eigenvalue weighted by Crippen LogP contribution is -2.45. The van der Waals surface area contributed by atoms with Crippen molar-refractivity contribution in [1.29, 1.82) is 0 Å². The molecule has 1 amide bonds. The van der Waals surface area contributed by atoms with Crippen LogP contribution in [0.1, 0.15) is 335 Å². The first-order valence-corrected chi connectivity index (χ1v) is 31.2. The summed E-state index contributed by atoms with van der Waals surface area (Å²) in [5.74, 6) is -0.0811. The molecule has 6 heteroatoms. The van der Waals surface area contributed by atoms with Gasteiger partial charge in [-0.3, -0.25) is 9.59 Å². The Labute approximate surface area is 436 Å². The maximum atomic E-state index is 12.5. The number of amides is 1. The van der Waals surface area contributed by atoms with Crippen LogP contribution in [0.15, 0.2) is 36.5 Å². The molecule has 3 N–H and O–H groups in total. The van der Waals surface area contributed by atoms with Crippen LogP contribution < -0.4 is 5.32 Å². The molecular weight excluding hydrogens is 863 g/mol. The molecular formula is C64H121NO5. The third-order valence-corrected chi connectivity index (χ3v) is 14.4. The summed E-state index contributed by atoms with van der Waals surface area (Å²) in [5.41, 5.74) is 0. The van der Waals surface area contributed by atoms with Gasteiger partial charge in [0.1, 0.15) is 0 Å². The molecule has 0 aromatic heterocycles. The zero-order valence-corrected chi connectivity index (χ0v) is 47.0. The minimum absolute atomic E-state index is 0.0376. The second kappa shape index (κ2) is 59.6. The van der Waals surface area contributed by atoms with E-state index in [1.807, 2.05) is 0 Å². The highest BCUT2D eigenvalue weighted by Gasteiger charge is 2.20. The second-order valence-electron chi connectivity index (χ2n) is 21.4. The van der Waals surface area contributed by atoms with Crippen LogP contribution in [-0.2, 0) is 14.3 Å². The number of carbonyl (C=O) groups excluding carboxylic acids is 2. The van der Waals surface area contributed by atoms with Crippen molar-refractivity contribution in [3.63, 3.8) is 0 Å². The maximum absolute atomic E-state index is 12.5. The van der Waals surface area contributed by atoms with Crippen molar-refractivity contribution in [2.45, 2.75) is 347 Å². The van der Waals surface area contributed by atoms with Crippen LogP contribution in [0.3, 0.4) is 0 Å². The monoisotopic (exact) mass is 984 g/mol. The predicted molar refractivity (Wildman–Crippen MR) is 306 cm³/mol. The van der Waals surface area contributed by atoms with E-state index < -0.39 is 12.1 Å². The first-order valence-electron chi connectivity index (χ1n) is 31.2. The average Bonchev–Trinajstić information content (AvgIpc) is 3.36. The normalized spacial score (nSPS) is 12.8. The van der Waals surface area contributed by atoms with E-state index in [9.17, 15) is 19.8 Å². The van der Waals surface area contributed by atoms with Crippen LogP contribution in [0.4, 0.5) is 0 Å². The molecule has 412 valence electrons. The molecule has 2 unspecified atom stereocenters. The molecule has 0 bridgehead atoms. The van der Waals surface area contributed by atoms with E-state index in [0.717, 1.165) is 51.4 Å². The van der Waals surface area contributed by atoms with Crippen molar-refractivity contribution in [2.24, 2.45) is 0 Å². The number of nitrogens with one attached hydrogen (secondary N) is 1. The maximum Gasteiger partial charge on any atom is 0.305 e. The second-order valence-corrected chi connectivity index (χ2v) is 21.4. The molecule has 0 aromatic carbocycles.